The molecule has 0 saturated heterocycles. The van der Waals surface area contributed by atoms with Crippen LogP contribution in [0, 0.1) is 16.7 Å². The summed E-state index contributed by atoms with van der Waals surface area (Å²) in [5, 5.41) is 1.04. The number of pyridine rings is 1. The molecule has 4 nitrogen and oxygen atoms in total. The Bertz CT molecular complexity index is 948. The van der Waals surface area contributed by atoms with Gasteiger partial charge < -0.3 is 0 Å². The molecule has 2 aliphatic carbocycles. The molecule has 0 aliphatic heterocycles. The van der Waals surface area contributed by atoms with Crippen molar-refractivity contribution in [2.75, 3.05) is 5.75 Å². The zero-order valence-electron chi connectivity index (χ0n) is 14.0. The summed E-state index contributed by atoms with van der Waals surface area (Å²) in [7, 11) is -3.54. The van der Waals surface area contributed by atoms with E-state index in [0.29, 0.717) is 11.9 Å². The van der Waals surface area contributed by atoms with E-state index in [9.17, 15) is 13.2 Å². The first-order chi connectivity index (χ1) is 11.3. The van der Waals surface area contributed by atoms with Crippen molar-refractivity contribution >= 4 is 26.5 Å². The zero-order valence-corrected chi connectivity index (χ0v) is 14.8. The molecule has 2 atom stereocenters. The summed E-state index contributed by atoms with van der Waals surface area (Å²) in [5.41, 5.74) is -0.0170. The van der Waals surface area contributed by atoms with E-state index >= 15 is 0 Å². The Kier molecular flexibility index (Phi) is 3.21. The Balaban J connectivity index is 1.74. The summed E-state index contributed by atoms with van der Waals surface area (Å²) in [6, 6.07) is 10.9. The van der Waals surface area contributed by atoms with Crippen LogP contribution in [0.2, 0.25) is 0 Å². The minimum atomic E-state index is -3.54. The van der Waals surface area contributed by atoms with Crippen LogP contribution in [0.15, 0.2) is 41.4 Å². The number of sulfone groups is 1. The van der Waals surface area contributed by atoms with Gasteiger partial charge in [0.05, 0.1) is 11.3 Å². The molecule has 1 aromatic heterocycles. The minimum absolute atomic E-state index is 0.0114. The van der Waals surface area contributed by atoms with Crippen molar-refractivity contribution in [3.63, 3.8) is 0 Å². The van der Waals surface area contributed by atoms with Crippen LogP contribution in [0.5, 0.6) is 0 Å². The molecule has 2 saturated carbocycles. The van der Waals surface area contributed by atoms with Crippen LogP contribution < -0.4 is 0 Å². The monoisotopic (exact) mass is 343 g/mol. The van der Waals surface area contributed by atoms with Crippen molar-refractivity contribution in [3.05, 3.63) is 36.4 Å². The van der Waals surface area contributed by atoms with E-state index < -0.39 is 15.3 Å². The Hall–Kier alpha value is -1.75. The van der Waals surface area contributed by atoms with E-state index in [0.717, 1.165) is 18.2 Å². The normalized spacial score (nSPS) is 28.6. The maximum Gasteiger partial charge on any atom is 0.196 e. The highest BCUT2D eigenvalue weighted by atomic mass is 32.2. The van der Waals surface area contributed by atoms with Gasteiger partial charge in [-0.2, -0.15) is 0 Å². The van der Waals surface area contributed by atoms with Gasteiger partial charge in [0.15, 0.2) is 14.9 Å². The first-order valence-electron chi connectivity index (χ1n) is 8.37. The number of aromatic nitrogens is 1. The molecular weight excluding hydrogens is 322 g/mol. The number of nitrogens with zero attached hydrogens (tertiary/aromatic N) is 1. The van der Waals surface area contributed by atoms with E-state index in [1.165, 1.54) is 0 Å². The van der Waals surface area contributed by atoms with Gasteiger partial charge in [0.2, 0.25) is 0 Å². The van der Waals surface area contributed by atoms with Crippen LogP contribution in [-0.2, 0) is 14.6 Å². The average molecular weight is 343 g/mol. The fourth-order valence-electron chi connectivity index (χ4n) is 4.78. The number of para-hydroxylation sites is 1. The highest BCUT2D eigenvalue weighted by Crippen LogP contribution is 2.64. The maximum atomic E-state index is 13.0. The Morgan fingerprint density at radius 1 is 1.17 bits per heavy atom. The summed E-state index contributed by atoms with van der Waals surface area (Å²) in [6.45, 7) is 4.11. The van der Waals surface area contributed by atoms with Crippen LogP contribution in [0.25, 0.3) is 10.9 Å². The Morgan fingerprint density at radius 2 is 1.92 bits per heavy atom. The zero-order chi connectivity index (χ0) is 17.2. The molecule has 2 bridgehead atoms. The molecule has 2 unspecified atom stereocenters. The number of benzene rings is 1. The second kappa shape index (κ2) is 4.88. The summed E-state index contributed by atoms with van der Waals surface area (Å²) in [5.74, 6) is 0.255. The predicted molar refractivity (Wildman–Crippen MR) is 92.4 cm³/mol. The molecule has 4 rings (SSSR count). The molecule has 1 aromatic carbocycles. The molecule has 2 aliphatic rings. The van der Waals surface area contributed by atoms with Crippen LogP contribution in [0.3, 0.4) is 0 Å². The van der Waals surface area contributed by atoms with Gasteiger partial charge in [-0.3, -0.25) is 4.79 Å². The fraction of sp³-hybridized carbons (Fsp3) is 0.474. The minimum Gasteiger partial charge on any atom is -0.299 e. The van der Waals surface area contributed by atoms with E-state index in [-0.39, 0.29) is 27.9 Å². The van der Waals surface area contributed by atoms with Gasteiger partial charge >= 0.3 is 0 Å². The summed E-state index contributed by atoms with van der Waals surface area (Å²) < 4.78 is 26.1. The Morgan fingerprint density at radius 3 is 2.58 bits per heavy atom. The molecule has 24 heavy (non-hydrogen) atoms. The van der Waals surface area contributed by atoms with E-state index in [2.05, 4.69) is 18.8 Å². The van der Waals surface area contributed by atoms with Crippen LogP contribution in [-0.4, -0.2) is 24.9 Å². The van der Waals surface area contributed by atoms with Crippen LogP contribution in [0.1, 0.15) is 33.1 Å². The molecule has 2 fully saturated rings. The van der Waals surface area contributed by atoms with E-state index in [4.69, 9.17) is 0 Å². The second-order valence-electron chi connectivity index (χ2n) is 7.84. The Labute approximate surface area is 142 Å². The van der Waals surface area contributed by atoms with Crippen molar-refractivity contribution in [3.8, 4) is 0 Å². The molecule has 0 N–H and O–H groups in total. The second-order valence-corrected chi connectivity index (χ2v) is 9.77. The number of Topliss-reactive ketones (excluding diaryl/α,β-unsaturated/α-hetero) is 1. The van der Waals surface area contributed by atoms with E-state index in [1.54, 1.807) is 12.1 Å². The lowest BCUT2D eigenvalue weighted by Gasteiger charge is -2.36. The van der Waals surface area contributed by atoms with Gasteiger partial charge in [0, 0.05) is 17.7 Å². The third kappa shape index (κ3) is 2.07. The van der Waals surface area contributed by atoms with Crippen molar-refractivity contribution in [1.82, 2.24) is 4.98 Å². The molecule has 126 valence electrons. The van der Waals surface area contributed by atoms with Gasteiger partial charge in [-0.1, -0.05) is 32.0 Å². The van der Waals surface area contributed by atoms with Crippen molar-refractivity contribution in [2.45, 2.75) is 38.1 Å². The average Bonchev–Trinajstić information content (AvgIpc) is 2.87. The summed E-state index contributed by atoms with van der Waals surface area (Å²) in [6.07, 6.45) is 2.01. The van der Waals surface area contributed by atoms with Crippen molar-refractivity contribution in [2.24, 2.45) is 16.7 Å². The van der Waals surface area contributed by atoms with Gasteiger partial charge in [-0.25, -0.2) is 13.4 Å². The van der Waals surface area contributed by atoms with Gasteiger partial charge in [0.25, 0.3) is 0 Å². The summed E-state index contributed by atoms with van der Waals surface area (Å²) >= 11 is 0. The number of hydrogen-bond donors (Lipinski definition) is 0. The smallest absolute Gasteiger partial charge is 0.196 e. The van der Waals surface area contributed by atoms with Crippen LogP contribution in [0.4, 0.5) is 0 Å². The van der Waals surface area contributed by atoms with E-state index in [1.807, 2.05) is 24.3 Å². The highest BCUT2D eigenvalue weighted by molar-refractivity contribution is 7.91. The number of fused-ring (bicyclic) bond motifs is 3. The standard InChI is InChI=1S/C19H21NO3S/c1-18(2)14-9-10-19(18,11-16(14)21)12-24(22,23)17-8-7-13-5-3-4-6-15(13)20-17/h3-8,14H,9-12H2,1-2H3. The predicted octanol–water partition coefficient (Wildman–Crippen LogP) is 3.40. The highest BCUT2D eigenvalue weighted by Gasteiger charge is 2.64. The molecular formula is C19H21NO3S. The molecule has 0 amide bonds. The first-order valence-corrected chi connectivity index (χ1v) is 10.0. The van der Waals surface area contributed by atoms with Crippen LogP contribution >= 0.6 is 0 Å². The largest absolute Gasteiger partial charge is 0.299 e. The lowest BCUT2D eigenvalue weighted by molar-refractivity contribution is -0.122. The lowest BCUT2D eigenvalue weighted by Crippen LogP contribution is -2.37. The lowest BCUT2D eigenvalue weighted by atomic mass is 9.71. The summed E-state index contributed by atoms with van der Waals surface area (Å²) in [4.78, 5) is 16.6. The number of carbonyl (C=O) groups is 1. The molecule has 0 radical (unpaired) electrons. The number of rotatable bonds is 3. The third-order valence-electron chi connectivity index (χ3n) is 6.41. The number of carbonyl (C=O) groups excluding carboxylic acids is 1. The number of ketones is 1. The van der Waals surface area contributed by atoms with Gasteiger partial charge in [-0.15, -0.1) is 0 Å². The van der Waals surface area contributed by atoms with Crippen molar-refractivity contribution < 1.29 is 13.2 Å². The molecule has 1 heterocycles. The fourth-order valence-corrected chi connectivity index (χ4v) is 6.78. The SMILES string of the molecule is CC1(C)C2CCC1(CS(=O)(=O)c1ccc3ccccc3n1)CC2=O. The topological polar surface area (TPSA) is 64.1 Å². The number of hydrogen-bond acceptors (Lipinski definition) is 4. The van der Waals surface area contributed by atoms with Gasteiger partial charge in [-0.05, 0) is 41.9 Å². The molecule has 2 aromatic rings. The van der Waals surface area contributed by atoms with Crippen molar-refractivity contribution in [1.29, 1.82) is 0 Å². The molecule has 5 heteroatoms. The first kappa shape index (κ1) is 15.8. The quantitative estimate of drug-likeness (QED) is 0.857. The molecule has 0 spiro atoms. The third-order valence-corrected chi connectivity index (χ3v) is 8.21. The van der Waals surface area contributed by atoms with Gasteiger partial charge in [0.1, 0.15) is 5.78 Å². The maximum absolute atomic E-state index is 13.0.